The van der Waals surface area contributed by atoms with Gasteiger partial charge in [-0.25, -0.2) is 0 Å². The van der Waals surface area contributed by atoms with E-state index in [1.54, 1.807) is 13.0 Å². The Morgan fingerprint density at radius 3 is 2.77 bits per heavy atom. The molecule has 0 aliphatic carbocycles. The summed E-state index contributed by atoms with van der Waals surface area (Å²) in [5.41, 5.74) is 0.683. The lowest BCUT2D eigenvalue weighted by atomic mass is 10.3. The van der Waals surface area contributed by atoms with Crippen LogP contribution < -0.4 is 5.32 Å². The smallest absolute Gasteiger partial charge is 0.322 e. The maximum atomic E-state index is 11.2. The van der Waals surface area contributed by atoms with E-state index < -0.39 is 18.4 Å². The SMILES string of the molecule is Cc1ccoc1C(=O)NCC(=O)O. The minimum atomic E-state index is -1.09. The van der Waals surface area contributed by atoms with Crippen molar-refractivity contribution in [1.29, 1.82) is 0 Å². The monoisotopic (exact) mass is 183 g/mol. The van der Waals surface area contributed by atoms with E-state index in [4.69, 9.17) is 9.52 Å². The van der Waals surface area contributed by atoms with Gasteiger partial charge in [0.15, 0.2) is 5.76 Å². The molecule has 5 nitrogen and oxygen atoms in total. The molecule has 0 atom stereocenters. The molecule has 0 radical (unpaired) electrons. The molecule has 1 aromatic rings. The van der Waals surface area contributed by atoms with Crippen molar-refractivity contribution in [2.24, 2.45) is 0 Å². The Kier molecular flexibility index (Phi) is 2.69. The summed E-state index contributed by atoms with van der Waals surface area (Å²) >= 11 is 0. The van der Waals surface area contributed by atoms with Crippen LogP contribution in [0.25, 0.3) is 0 Å². The first-order chi connectivity index (χ1) is 6.11. The molecule has 1 amide bonds. The number of rotatable bonds is 3. The highest BCUT2D eigenvalue weighted by atomic mass is 16.4. The second-order valence-corrected chi connectivity index (χ2v) is 2.51. The Morgan fingerprint density at radius 1 is 1.62 bits per heavy atom. The van der Waals surface area contributed by atoms with Gasteiger partial charge in [-0.15, -0.1) is 0 Å². The maximum absolute atomic E-state index is 11.2. The van der Waals surface area contributed by atoms with Gasteiger partial charge in [0.25, 0.3) is 5.91 Å². The van der Waals surface area contributed by atoms with Gasteiger partial charge in [0, 0.05) is 5.56 Å². The molecule has 0 aromatic carbocycles. The lowest BCUT2D eigenvalue weighted by Crippen LogP contribution is -2.29. The fraction of sp³-hybridized carbons (Fsp3) is 0.250. The van der Waals surface area contributed by atoms with Gasteiger partial charge in [-0.05, 0) is 13.0 Å². The number of amides is 1. The molecule has 0 aliphatic heterocycles. The van der Waals surface area contributed by atoms with Crippen LogP contribution in [0, 0.1) is 6.92 Å². The Labute approximate surface area is 74.4 Å². The van der Waals surface area contributed by atoms with Crippen LogP contribution in [0.2, 0.25) is 0 Å². The van der Waals surface area contributed by atoms with Gasteiger partial charge >= 0.3 is 5.97 Å². The molecule has 1 rings (SSSR count). The number of furan rings is 1. The Balaban J connectivity index is 2.59. The van der Waals surface area contributed by atoms with Crippen LogP contribution in [0.5, 0.6) is 0 Å². The highest BCUT2D eigenvalue weighted by Gasteiger charge is 2.12. The molecule has 0 spiro atoms. The summed E-state index contributed by atoms with van der Waals surface area (Å²) in [5, 5.41) is 10.5. The van der Waals surface area contributed by atoms with Crippen molar-refractivity contribution in [3.05, 3.63) is 23.7 Å². The second kappa shape index (κ2) is 3.75. The van der Waals surface area contributed by atoms with Gasteiger partial charge in [0.2, 0.25) is 0 Å². The molecular formula is C8H9NO4. The summed E-state index contributed by atoms with van der Waals surface area (Å²) in [6, 6.07) is 1.63. The number of aryl methyl sites for hydroxylation is 1. The van der Waals surface area contributed by atoms with Crippen LogP contribution in [0.1, 0.15) is 16.1 Å². The molecular weight excluding hydrogens is 174 g/mol. The Morgan fingerprint density at radius 2 is 2.31 bits per heavy atom. The van der Waals surface area contributed by atoms with E-state index in [0.717, 1.165) is 0 Å². The predicted molar refractivity (Wildman–Crippen MR) is 43.4 cm³/mol. The number of carboxylic acids is 1. The number of nitrogens with one attached hydrogen (secondary N) is 1. The molecule has 0 saturated heterocycles. The van der Waals surface area contributed by atoms with Gasteiger partial charge < -0.3 is 14.8 Å². The third-order valence-corrected chi connectivity index (χ3v) is 1.47. The standard InChI is InChI=1S/C8H9NO4/c1-5-2-3-13-7(5)8(12)9-4-6(10)11/h2-3H,4H2,1H3,(H,9,12)(H,10,11). The molecule has 0 bridgehead atoms. The molecule has 13 heavy (non-hydrogen) atoms. The summed E-state index contributed by atoms with van der Waals surface area (Å²) in [7, 11) is 0. The van der Waals surface area contributed by atoms with Crippen molar-refractivity contribution in [1.82, 2.24) is 5.32 Å². The number of hydrogen-bond acceptors (Lipinski definition) is 3. The van der Waals surface area contributed by atoms with Crippen molar-refractivity contribution >= 4 is 11.9 Å². The van der Waals surface area contributed by atoms with E-state index in [2.05, 4.69) is 5.32 Å². The normalized spacial score (nSPS) is 9.62. The van der Waals surface area contributed by atoms with Gasteiger partial charge in [0.05, 0.1) is 6.26 Å². The third kappa shape index (κ3) is 2.33. The number of hydrogen-bond donors (Lipinski definition) is 2. The van der Waals surface area contributed by atoms with Crippen molar-refractivity contribution in [3.63, 3.8) is 0 Å². The highest BCUT2D eigenvalue weighted by molar-refractivity contribution is 5.94. The van der Waals surface area contributed by atoms with Crippen LogP contribution in [0.3, 0.4) is 0 Å². The van der Waals surface area contributed by atoms with E-state index in [0.29, 0.717) is 5.56 Å². The average Bonchev–Trinajstić information content (AvgIpc) is 2.47. The highest BCUT2D eigenvalue weighted by Crippen LogP contribution is 2.07. The largest absolute Gasteiger partial charge is 0.480 e. The number of carboxylic acid groups (broad SMARTS) is 1. The lowest BCUT2D eigenvalue weighted by Gasteiger charge is -1.98. The molecule has 0 aliphatic rings. The average molecular weight is 183 g/mol. The summed E-state index contributed by atoms with van der Waals surface area (Å²) in [4.78, 5) is 21.3. The van der Waals surface area contributed by atoms with Crippen LogP contribution in [0.15, 0.2) is 16.7 Å². The molecule has 0 unspecified atom stereocenters. The van der Waals surface area contributed by atoms with Crippen molar-refractivity contribution < 1.29 is 19.1 Å². The maximum Gasteiger partial charge on any atom is 0.322 e. The number of carbonyl (C=O) groups excluding carboxylic acids is 1. The first-order valence-corrected chi connectivity index (χ1v) is 3.65. The number of carbonyl (C=O) groups is 2. The van der Waals surface area contributed by atoms with Crippen molar-refractivity contribution in [2.45, 2.75) is 6.92 Å². The summed E-state index contributed by atoms with van der Waals surface area (Å²) in [6.07, 6.45) is 1.38. The molecule has 70 valence electrons. The third-order valence-electron chi connectivity index (χ3n) is 1.47. The predicted octanol–water partition coefficient (Wildman–Crippen LogP) is 0.402. The zero-order valence-corrected chi connectivity index (χ0v) is 7.03. The molecule has 0 saturated carbocycles. The summed E-state index contributed by atoms with van der Waals surface area (Å²) in [6.45, 7) is 1.30. The van der Waals surface area contributed by atoms with Crippen LogP contribution in [-0.2, 0) is 4.79 Å². The van der Waals surface area contributed by atoms with E-state index in [-0.39, 0.29) is 5.76 Å². The molecule has 2 N–H and O–H groups in total. The fourth-order valence-corrected chi connectivity index (χ4v) is 0.842. The van der Waals surface area contributed by atoms with Gasteiger partial charge in [-0.1, -0.05) is 0 Å². The van der Waals surface area contributed by atoms with Crippen molar-refractivity contribution in [3.8, 4) is 0 Å². The van der Waals surface area contributed by atoms with E-state index >= 15 is 0 Å². The lowest BCUT2D eigenvalue weighted by molar-refractivity contribution is -0.135. The quantitative estimate of drug-likeness (QED) is 0.710. The van der Waals surface area contributed by atoms with E-state index in [9.17, 15) is 9.59 Å². The van der Waals surface area contributed by atoms with Crippen LogP contribution in [0.4, 0.5) is 0 Å². The minimum Gasteiger partial charge on any atom is -0.480 e. The molecule has 0 fully saturated rings. The zero-order valence-electron chi connectivity index (χ0n) is 7.03. The van der Waals surface area contributed by atoms with Gasteiger partial charge in [-0.2, -0.15) is 0 Å². The Hall–Kier alpha value is -1.78. The second-order valence-electron chi connectivity index (χ2n) is 2.51. The van der Waals surface area contributed by atoms with Crippen LogP contribution in [-0.4, -0.2) is 23.5 Å². The molecule has 1 aromatic heterocycles. The van der Waals surface area contributed by atoms with E-state index in [1.807, 2.05) is 0 Å². The molecule has 1 heterocycles. The van der Waals surface area contributed by atoms with Crippen LogP contribution >= 0.6 is 0 Å². The van der Waals surface area contributed by atoms with Gasteiger partial charge in [0.1, 0.15) is 6.54 Å². The Bertz CT molecular complexity index is 329. The first kappa shape index (κ1) is 9.31. The van der Waals surface area contributed by atoms with E-state index in [1.165, 1.54) is 6.26 Å². The topological polar surface area (TPSA) is 79.5 Å². The van der Waals surface area contributed by atoms with Crippen molar-refractivity contribution in [2.75, 3.05) is 6.54 Å². The minimum absolute atomic E-state index is 0.154. The summed E-state index contributed by atoms with van der Waals surface area (Å²) in [5.74, 6) is -1.44. The number of aliphatic carboxylic acids is 1. The summed E-state index contributed by atoms with van der Waals surface area (Å²) < 4.78 is 4.85. The van der Waals surface area contributed by atoms with Gasteiger partial charge in [-0.3, -0.25) is 9.59 Å². The first-order valence-electron chi connectivity index (χ1n) is 3.65. The zero-order chi connectivity index (χ0) is 9.84. The molecule has 5 heteroatoms. The fourth-order valence-electron chi connectivity index (χ4n) is 0.842.